The van der Waals surface area contributed by atoms with Crippen LogP contribution in [0.2, 0.25) is 0 Å². The van der Waals surface area contributed by atoms with E-state index in [-0.39, 0.29) is 12.4 Å². The average molecular weight is 282 g/mol. The lowest BCUT2D eigenvalue weighted by molar-refractivity contribution is -0.147. The number of carbonyl (C=O) groups excluding carboxylic acids is 1. The molecule has 0 aliphatic carbocycles. The highest BCUT2D eigenvalue weighted by Crippen LogP contribution is 2.20. The Balaban J connectivity index is 2.75. The molecule has 1 unspecified atom stereocenters. The molecule has 2 N–H and O–H groups in total. The molecule has 0 aliphatic heterocycles. The molecule has 6 heteroatoms. The number of rotatable bonds is 9. The standard InChI is InChI=1S/C14H22N2O4/c1-3-9-16(10-7-12(17)20-4-2)13(14(18)19)11-6-5-8-15-11/h5-6,8,13,15H,3-4,7,9-10H2,1-2H3,(H,18,19). The number of H-pyrrole nitrogens is 1. The minimum Gasteiger partial charge on any atom is -0.480 e. The lowest BCUT2D eigenvalue weighted by Gasteiger charge is -2.27. The Morgan fingerprint density at radius 2 is 2.15 bits per heavy atom. The van der Waals surface area contributed by atoms with E-state index >= 15 is 0 Å². The number of hydrogen-bond donors (Lipinski definition) is 2. The highest BCUT2D eigenvalue weighted by atomic mass is 16.5. The summed E-state index contributed by atoms with van der Waals surface area (Å²) in [7, 11) is 0. The first kappa shape index (κ1) is 16.2. The molecule has 0 bridgehead atoms. The molecule has 0 radical (unpaired) electrons. The van der Waals surface area contributed by atoms with Crippen LogP contribution in [0.5, 0.6) is 0 Å². The molecule has 0 spiro atoms. The van der Waals surface area contributed by atoms with Crippen molar-refractivity contribution in [2.75, 3.05) is 19.7 Å². The summed E-state index contributed by atoms with van der Waals surface area (Å²) in [5.74, 6) is -1.23. The zero-order valence-corrected chi connectivity index (χ0v) is 12.0. The number of aromatic amines is 1. The topological polar surface area (TPSA) is 82.6 Å². The van der Waals surface area contributed by atoms with Crippen molar-refractivity contribution in [1.82, 2.24) is 9.88 Å². The van der Waals surface area contributed by atoms with E-state index in [1.165, 1.54) is 0 Å². The summed E-state index contributed by atoms with van der Waals surface area (Å²) in [6.07, 6.45) is 2.70. The predicted molar refractivity (Wildman–Crippen MR) is 74.3 cm³/mol. The Labute approximate surface area is 118 Å². The third kappa shape index (κ3) is 4.70. The quantitative estimate of drug-likeness (QED) is 0.675. The van der Waals surface area contributed by atoms with Gasteiger partial charge in [-0.15, -0.1) is 0 Å². The maximum absolute atomic E-state index is 11.5. The molecule has 0 saturated heterocycles. The van der Waals surface area contributed by atoms with Gasteiger partial charge in [-0.2, -0.15) is 0 Å². The summed E-state index contributed by atoms with van der Waals surface area (Å²) in [6, 6.07) is 2.74. The van der Waals surface area contributed by atoms with Crippen molar-refractivity contribution < 1.29 is 19.4 Å². The normalized spacial score (nSPS) is 12.3. The number of aliphatic carboxylic acids is 1. The molecule has 0 aliphatic rings. The number of esters is 1. The number of nitrogens with zero attached hydrogens (tertiary/aromatic N) is 1. The van der Waals surface area contributed by atoms with Crippen LogP contribution in [0.3, 0.4) is 0 Å². The lowest BCUT2D eigenvalue weighted by atomic mass is 10.1. The second kappa shape index (κ2) is 8.37. The van der Waals surface area contributed by atoms with Gasteiger partial charge < -0.3 is 14.8 Å². The van der Waals surface area contributed by atoms with Gasteiger partial charge in [0.15, 0.2) is 0 Å². The molecular weight excluding hydrogens is 260 g/mol. The predicted octanol–water partition coefficient (Wildman–Crippen LogP) is 1.81. The molecule has 1 rings (SSSR count). The number of hydrogen-bond acceptors (Lipinski definition) is 4. The zero-order valence-electron chi connectivity index (χ0n) is 12.0. The van der Waals surface area contributed by atoms with E-state index in [2.05, 4.69) is 4.98 Å². The smallest absolute Gasteiger partial charge is 0.327 e. The van der Waals surface area contributed by atoms with E-state index in [4.69, 9.17) is 4.74 Å². The van der Waals surface area contributed by atoms with Crippen molar-refractivity contribution in [2.45, 2.75) is 32.7 Å². The third-order valence-corrected chi connectivity index (χ3v) is 2.93. The van der Waals surface area contributed by atoms with Crippen LogP contribution in [0, 0.1) is 0 Å². The number of nitrogens with one attached hydrogen (secondary N) is 1. The maximum atomic E-state index is 11.5. The van der Waals surface area contributed by atoms with Crippen LogP contribution in [0.15, 0.2) is 18.3 Å². The fraction of sp³-hybridized carbons (Fsp3) is 0.571. The van der Waals surface area contributed by atoms with Crippen LogP contribution in [0.25, 0.3) is 0 Å². The summed E-state index contributed by atoms with van der Waals surface area (Å²) < 4.78 is 4.88. The fourth-order valence-corrected chi connectivity index (χ4v) is 2.13. The molecule has 0 amide bonds. The number of carboxylic acids is 1. The van der Waals surface area contributed by atoms with Gasteiger partial charge in [-0.05, 0) is 32.0 Å². The van der Waals surface area contributed by atoms with E-state index in [0.717, 1.165) is 6.42 Å². The molecule has 112 valence electrons. The highest BCUT2D eigenvalue weighted by Gasteiger charge is 2.28. The van der Waals surface area contributed by atoms with Gasteiger partial charge in [0, 0.05) is 18.4 Å². The molecule has 1 aromatic heterocycles. The summed E-state index contributed by atoms with van der Waals surface area (Å²) in [6.45, 7) is 5.04. The fourth-order valence-electron chi connectivity index (χ4n) is 2.13. The molecule has 0 saturated carbocycles. The Morgan fingerprint density at radius 1 is 1.40 bits per heavy atom. The molecule has 20 heavy (non-hydrogen) atoms. The highest BCUT2D eigenvalue weighted by molar-refractivity contribution is 5.75. The molecule has 1 heterocycles. The van der Waals surface area contributed by atoms with Crippen LogP contribution in [0.1, 0.15) is 38.4 Å². The van der Waals surface area contributed by atoms with Gasteiger partial charge in [-0.3, -0.25) is 14.5 Å². The Morgan fingerprint density at radius 3 is 2.65 bits per heavy atom. The number of carboxylic acid groups (broad SMARTS) is 1. The largest absolute Gasteiger partial charge is 0.480 e. The van der Waals surface area contributed by atoms with Crippen LogP contribution in [-0.2, 0) is 14.3 Å². The van der Waals surface area contributed by atoms with E-state index in [1.807, 2.05) is 6.92 Å². The second-order valence-electron chi connectivity index (χ2n) is 4.46. The first-order chi connectivity index (χ1) is 9.60. The first-order valence-corrected chi connectivity index (χ1v) is 6.85. The molecule has 0 fully saturated rings. The molecule has 0 aromatic carbocycles. The number of ether oxygens (including phenoxy) is 1. The van der Waals surface area contributed by atoms with Crippen molar-refractivity contribution in [3.63, 3.8) is 0 Å². The van der Waals surface area contributed by atoms with Gasteiger partial charge in [0.2, 0.25) is 0 Å². The van der Waals surface area contributed by atoms with Gasteiger partial charge in [0.05, 0.1) is 13.0 Å². The van der Waals surface area contributed by atoms with Crippen molar-refractivity contribution >= 4 is 11.9 Å². The SMILES string of the molecule is CCCN(CCC(=O)OCC)C(C(=O)O)c1ccc[nH]1. The minimum atomic E-state index is -0.926. The number of carbonyl (C=O) groups is 2. The number of aromatic nitrogens is 1. The van der Waals surface area contributed by atoms with Gasteiger partial charge in [-0.25, -0.2) is 0 Å². The van der Waals surface area contributed by atoms with Gasteiger partial charge in [0.25, 0.3) is 0 Å². The van der Waals surface area contributed by atoms with Gasteiger partial charge >= 0.3 is 11.9 Å². The summed E-state index contributed by atoms with van der Waals surface area (Å²) in [5.41, 5.74) is 0.620. The average Bonchev–Trinajstić information content (AvgIpc) is 2.90. The minimum absolute atomic E-state index is 0.193. The maximum Gasteiger partial charge on any atom is 0.327 e. The van der Waals surface area contributed by atoms with Crippen molar-refractivity contribution in [1.29, 1.82) is 0 Å². The van der Waals surface area contributed by atoms with Gasteiger partial charge in [-0.1, -0.05) is 6.92 Å². The molecular formula is C14H22N2O4. The molecule has 1 atom stereocenters. The Bertz CT molecular complexity index is 417. The van der Waals surface area contributed by atoms with E-state index in [1.54, 1.807) is 30.2 Å². The van der Waals surface area contributed by atoms with Crippen molar-refractivity contribution in [3.05, 3.63) is 24.0 Å². The van der Waals surface area contributed by atoms with Crippen LogP contribution >= 0.6 is 0 Å². The van der Waals surface area contributed by atoms with Crippen molar-refractivity contribution in [2.24, 2.45) is 0 Å². The van der Waals surface area contributed by atoms with Crippen LogP contribution in [-0.4, -0.2) is 46.6 Å². The zero-order chi connectivity index (χ0) is 15.0. The Kier molecular flexibility index (Phi) is 6.79. The van der Waals surface area contributed by atoms with Gasteiger partial charge in [0.1, 0.15) is 6.04 Å². The summed E-state index contributed by atoms with van der Waals surface area (Å²) in [4.78, 5) is 27.6. The molecule has 6 nitrogen and oxygen atoms in total. The third-order valence-electron chi connectivity index (χ3n) is 2.93. The van der Waals surface area contributed by atoms with Crippen molar-refractivity contribution in [3.8, 4) is 0 Å². The van der Waals surface area contributed by atoms with Crippen LogP contribution < -0.4 is 0 Å². The molecule has 1 aromatic rings. The van der Waals surface area contributed by atoms with E-state index in [9.17, 15) is 14.7 Å². The first-order valence-electron chi connectivity index (χ1n) is 6.85. The Hall–Kier alpha value is -1.82. The van der Waals surface area contributed by atoms with E-state index in [0.29, 0.717) is 25.4 Å². The second-order valence-corrected chi connectivity index (χ2v) is 4.46. The summed E-state index contributed by atoms with van der Waals surface area (Å²) >= 11 is 0. The summed E-state index contributed by atoms with van der Waals surface area (Å²) in [5, 5.41) is 9.43. The lowest BCUT2D eigenvalue weighted by Crippen LogP contribution is -2.36. The monoisotopic (exact) mass is 282 g/mol. The van der Waals surface area contributed by atoms with E-state index < -0.39 is 12.0 Å². The van der Waals surface area contributed by atoms with Crippen LogP contribution in [0.4, 0.5) is 0 Å².